The quantitative estimate of drug-likeness (QED) is 0.757. The van der Waals surface area contributed by atoms with Crippen molar-refractivity contribution >= 4 is 47.3 Å². The molecule has 0 N–H and O–H groups in total. The molecule has 14 heavy (non-hydrogen) atoms. The highest BCUT2D eigenvalue weighted by Crippen LogP contribution is 2.30. The van der Waals surface area contributed by atoms with Gasteiger partial charge >= 0.3 is 5.97 Å². The first-order valence-electron chi connectivity index (χ1n) is 3.51. The number of carbonyl (C=O) groups is 1. The van der Waals surface area contributed by atoms with Crippen molar-refractivity contribution in [1.29, 1.82) is 0 Å². The predicted octanol–water partition coefficient (Wildman–Crippen LogP) is 3.14. The van der Waals surface area contributed by atoms with E-state index >= 15 is 0 Å². The van der Waals surface area contributed by atoms with Gasteiger partial charge in [0, 0.05) is 12.4 Å². The van der Waals surface area contributed by atoms with Crippen LogP contribution < -0.4 is 0 Å². The van der Waals surface area contributed by atoms with Gasteiger partial charge in [0.15, 0.2) is 0 Å². The van der Waals surface area contributed by atoms with Gasteiger partial charge in [-0.2, -0.15) is 4.36 Å². The first kappa shape index (κ1) is 11.4. The normalized spacial score (nSPS) is 9.64. The zero-order chi connectivity index (χ0) is 10.7. The number of carbonyl (C=O) groups excluding carboxylic acids is 1. The number of nitrogens with zero attached hydrogens (tertiary/aromatic N) is 1. The minimum absolute atomic E-state index is 0.123. The maximum absolute atomic E-state index is 11.2. The molecule has 0 aromatic heterocycles. The average Bonchev–Trinajstić information content (AvgIpc) is 2.16. The number of rotatable bonds is 2. The van der Waals surface area contributed by atoms with Gasteiger partial charge < -0.3 is 4.74 Å². The van der Waals surface area contributed by atoms with E-state index in [1.807, 2.05) is 0 Å². The van der Waals surface area contributed by atoms with E-state index in [0.717, 1.165) is 0 Å². The van der Waals surface area contributed by atoms with Gasteiger partial charge in [-0.3, -0.25) is 0 Å². The van der Waals surface area contributed by atoms with Crippen LogP contribution in [-0.4, -0.2) is 13.1 Å². The lowest BCUT2D eigenvalue weighted by molar-refractivity contribution is 0.0601. The molecular weight excluding hydrogens is 245 g/mol. The molecule has 0 atom stereocenters. The first-order chi connectivity index (χ1) is 6.60. The van der Waals surface area contributed by atoms with Crippen molar-refractivity contribution in [3.8, 4) is 0 Å². The Kier molecular flexibility index (Phi) is 3.80. The number of esters is 1. The number of hydrogen-bond donors (Lipinski definition) is 0. The monoisotopic (exact) mass is 249 g/mol. The van der Waals surface area contributed by atoms with Gasteiger partial charge in [-0.05, 0) is 12.1 Å². The molecule has 0 fully saturated rings. The highest BCUT2D eigenvalue weighted by molar-refractivity contribution is 7.47. The van der Waals surface area contributed by atoms with Crippen LogP contribution in [0.4, 0.5) is 5.69 Å². The topological polar surface area (TPSA) is 38.7 Å². The van der Waals surface area contributed by atoms with Crippen molar-refractivity contribution in [2.24, 2.45) is 4.36 Å². The van der Waals surface area contributed by atoms with Gasteiger partial charge in [0.1, 0.15) is 0 Å². The molecule has 0 aliphatic heterocycles. The van der Waals surface area contributed by atoms with E-state index in [-0.39, 0.29) is 15.6 Å². The second kappa shape index (κ2) is 4.68. The van der Waals surface area contributed by atoms with Crippen LogP contribution >= 0.6 is 23.2 Å². The van der Waals surface area contributed by atoms with Gasteiger partial charge in [-0.25, -0.2) is 4.79 Å². The summed E-state index contributed by atoms with van der Waals surface area (Å²) >= 11 is 16.1. The van der Waals surface area contributed by atoms with E-state index in [9.17, 15) is 4.79 Å². The smallest absolute Gasteiger partial charge is 0.340 e. The van der Waals surface area contributed by atoms with E-state index in [1.54, 1.807) is 0 Å². The van der Waals surface area contributed by atoms with Gasteiger partial charge in [0.05, 0.1) is 28.4 Å². The third-order valence-corrected chi connectivity index (χ3v) is 2.33. The van der Waals surface area contributed by atoms with E-state index in [0.29, 0.717) is 5.69 Å². The Labute approximate surface area is 96.1 Å². The largest absolute Gasteiger partial charge is 0.465 e. The second-order valence-corrected chi connectivity index (χ2v) is 3.36. The summed E-state index contributed by atoms with van der Waals surface area (Å²) in [6.45, 7) is 0. The lowest BCUT2D eigenvalue weighted by Gasteiger charge is -2.04. The van der Waals surface area contributed by atoms with Gasteiger partial charge in [-0.15, -0.1) is 0 Å². The van der Waals surface area contributed by atoms with Crippen molar-refractivity contribution in [3.63, 3.8) is 0 Å². The average molecular weight is 250 g/mol. The number of halogens is 2. The fourth-order valence-electron chi connectivity index (χ4n) is 0.910. The molecule has 0 radical (unpaired) electrons. The minimum atomic E-state index is -0.587. The summed E-state index contributed by atoms with van der Waals surface area (Å²) in [7, 11) is 1.25. The Morgan fingerprint density at radius 3 is 2.29 bits per heavy atom. The molecule has 6 heteroatoms. The third kappa shape index (κ3) is 2.20. The number of benzene rings is 1. The van der Waals surface area contributed by atoms with Crippen LogP contribution in [0.2, 0.25) is 10.0 Å². The lowest BCUT2D eigenvalue weighted by atomic mass is 10.2. The molecule has 1 aromatic carbocycles. The summed E-state index contributed by atoms with van der Waals surface area (Å²) in [5, 5.41) is 0.348. The van der Waals surface area contributed by atoms with E-state index in [2.05, 4.69) is 21.5 Å². The Balaban J connectivity index is 3.31. The summed E-state index contributed by atoms with van der Waals surface area (Å²) in [5.41, 5.74) is 0.556. The Hall–Kier alpha value is -0.710. The third-order valence-electron chi connectivity index (χ3n) is 1.52. The van der Waals surface area contributed by atoms with Crippen molar-refractivity contribution < 1.29 is 9.53 Å². The first-order valence-corrected chi connectivity index (χ1v) is 4.63. The van der Waals surface area contributed by atoms with Crippen LogP contribution in [0.5, 0.6) is 0 Å². The predicted molar refractivity (Wildman–Crippen MR) is 57.3 cm³/mol. The van der Waals surface area contributed by atoms with Crippen molar-refractivity contribution in [1.82, 2.24) is 0 Å². The highest BCUT2D eigenvalue weighted by atomic mass is 35.5. The maximum Gasteiger partial charge on any atom is 0.340 e. The van der Waals surface area contributed by atoms with Crippen LogP contribution in [0.25, 0.3) is 0 Å². The Morgan fingerprint density at radius 1 is 1.43 bits per heavy atom. The maximum atomic E-state index is 11.2. The molecule has 0 spiro atoms. The Morgan fingerprint density at radius 2 is 1.93 bits per heavy atom. The molecule has 74 valence electrons. The van der Waals surface area contributed by atoms with Crippen molar-refractivity contribution in [3.05, 3.63) is 27.7 Å². The molecular formula is C8H5Cl2NO2S. The van der Waals surface area contributed by atoms with Crippen LogP contribution in [0.3, 0.4) is 0 Å². The molecule has 0 aliphatic rings. The van der Waals surface area contributed by atoms with Crippen molar-refractivity contribution in [2.45, 2.75) is 0 Å². The SMILES string of the molecule is COC(=O)c1c(Cl)cc(N=S)cc1Cl. The van der Waals surface area contributed by atoms with Gasteiger partial charge in [0.25, 0.3) is 0 Å². The zero-order valence-electron chi connectivity index (χ0n) is 7.08. The van der Waals surface area contributed by atoms with Gasteiger partial charge in [0.2, 0.25) is 0 Å². The number of methoxy groups -OCH3 is 1. The molecule has 0 aliphatic carbocycles. The van der Waals surface area contributed by atoms with E-state index in [4.69, 9.17) is 23.2 Å². The lowest BCUT2D eigenvalue weighted by Crippen LogP contribution is -2.02. The Bertz CT molecular complexity index is 372. The molecule has 0 heterocycles. The molecule has 1 aromatic rings. The second-order valence-electron chi connectivity index (χ2n) is 2.37. The number of ether oxygens (including phenoxy) is 1. The molecule has 0 saturated heterocycles. The summed E-state index contributed by atoms with van der Waals surface area (Å²) in [6, 6.07) is 2.90. The molecule has 0 saturated carbocycles. The minimum Gasteiger partial charge on any atom is -0.465 e. The molecule has 0 bridgehead atoms. The number of hydrogen-bond acceptors (Lipinski definition) is 4. The summed E-state index contributed by atoms with van der Waals surface area (Å²) in [5.74, 6) is -0.587. The summed E-state index contributed by atoms with van der Waals surface area (Å²) < 4.78 is 7.99. The van der Waals surface area contributed by atoms with Crippen LogP contribution in [0, 0.1) is 0 Å². The molecule has 3 nitrogen and oxygen atoms in total. The van der Waals surface area contributed by atoms with Crippen LogP contribution in [0.1, 0.15) is 10.4 Å². The van der Waals surface area contributed by atoms with Crippen LogP contribution in [0.15, 0.2) is 16.5 Å². The summed E-state index contributed by atoms with van der Waals surface area (Å²) in [4.78, 5) is 11.2. The summed E-state index contributed by atoms with van der Waals surface area (Å²) in [6.07, 6.45) is 0. The van der Waals surface area contributed by atoms with Gasteiger partial charge in [-0.1, -0.05) is 23.2 Å². The van der Waals surface area contributed by atoms with Crippen LogP contribution in [-0.2, 0) is 17.2 Å². The molecule has 1 rings (SSSR count). The standard InChI is InChI=1S/C8H5Cl2NO2S/c1-13-8(12)7-5(9)2-4(11-14)3-6(7)10/h2-3H,1H3. The fraction of sp³-hybridized carbons (Fsp3) is 0.125. The molecule has 0 unspecified atom stereocenters. The fourth-order valence-corrected chi connectivity index (χ4v) is 1.64. The highest BCUT2D eigenvalue weighted by Gasteiger charge is 2.16. The van der Waals surface area contributed by atoms with E-state index < -0.39 is 5.97 Å². The zero-order valence-corrected chi connectivity index (χ0v) is 9.41. The van der Waals surface area contributed by atoms with Crippen molar-refractivity contribution in [2.75, 3.05) is 7.11 Å². The molecule has 0 amide bonds. The van der Waals surface area contributed by atoms with E-state index in [1.165, 1.54) is 19.2 Å².